The lowest BCUT2D eigenvalue weighted by molar-refractivity contribution is -0.138. The van der Waals surface area contributed by atoms with E-state index in [2.05, 4.69) is 6.07 Å². The third-order valence-corrected chi connectivity index (χ3v) is 5.45. The first kappa shape index (κ1) is 20.2. The van der Waals surface area contributed by atoms with E-state index in [0.29, 0.717) is 12.8 Å². The topological polar surface area (TPSA) is 112 Å². The van der Waals surface area contributed by atoms with Crippen molar-refractivity contribution in [2.45, 2.75) is 44.6 Å². The second kappa shape index (κ2) is 8.24. The molecule has 0 spiro atoms. The minimum absolute atomic E-state index is 0.000633. The average molecular weight is 394 g/mol. The van der Waals surface area contributed by atoms with Crippen molar-refractivity contribution in [2.75, 3.05) is 13.7 Å². The Balaban J connectivity index is 1.74. The predicted octanol–water partition coefficient (Wildman–Crippen LogP) is 3.09. The summed E-state index contributed by atoms with van der Waals surface area (Å²) in [6.45, 7) is 1.05. The van der Waals surface area contributed by atoms with E-state index in [9.17, 15) is 20.1 Å². The number of ether oxygens (including phenoxy) is 1. The second-order valence-electron chi connectivity index (χ2n) is 7.15. The van der Waals surface area contributed by atoms with Crippen LogP contribution in [0.1, 0.15) is 53.8 Å². The maximum Gasteiger partial charge on any atom is 0.343 e. The van der Waals surface area contributed by atoms with E-state index in [1.165, 1.54) is 4.90 Å². The maximum atomic E-state index is 12.6. The molecule has 2 aromatic rings. The molecule has 8 heteroatoms. The SMILES string of the molecule is Cc1oc(-n2cccc2)c(C#N)c1C(=O)OCC(=O)N(C)C1(C#N)CCCCC1. The molecule has 1 amide bonds. The number of aryl methyl sites for hydroxylation is 1. The summed E-state index contributed by atoms with van der Waals surface area (Å²) in [5.74, 6) is -0.808. The number of furan rings is 1. The number of amides is 1. The van der Waals surface area contributed by atoms with Gasteiger partial charge in [0.1, 0.15) is 28.5 Å². The van der Waals surface area contributed by atoms with Crippen molar-refractivity contribution in [2.24, 2.45) is 0 Å². The molecular formula is C21H22N4O4. The average Bonchev–Trinajstić information content (AvgIpc) is 3.39. The van der Waals surface area contributed by atoms with Gasteiger partial charge < -0.3 is 14.1 Å². The third-order valence-electron chi connectivity index (χ3n) is 5.45. The minimum atomic E-state index is -0.854. The lowest BCUT2D eigenvalue weighted by Crippen LogP contribution is -2.51. The van der Waals surface area contributed by atoms with Crippen molar-refractivity contribution >= 4 is 11.9 Å². The van der Waals surface area contributed by atoms with Crippen molar-refractivity contribution in [3.63, 3.8) is 0 Å². The highest BCUT2D eigenvalue weighted by Gasteiger charge is 2.39. The standard InChI is InChI=1S/C21H22N4O4/c1-15-18(16(12-22)19(29-15)25-10-6-7-11-25)20(27)28-13-17(26)24(2)21(14-23)8-4-3-5-9-21/h6-7,10-11H,3-5,8-9,13H2,1-2H3. The van der Waals surface area contributed by atoms with Gasteiger partial charge in [-0.1, -0.05) is 19.3 Å². The van der Waals surface area contributed by atoms with E-state index in [1.807, 2.05) is 6.07 Å². The van der Waals surface area contributed by atoms with Gasteiger partial charge in [0.25, 0.3) is 5.91 Å². The molecule has 0 aromatic carbocycles. The Morgan fingerprint density at radius 1 is 1.24 bits per heavy atom. The second-order valence-corrected chi connectivity index (χ2v) is 7.15. The molecule has 0 bridgehead atoms. The molecule has 150 valence electrons. The number of hydrogen-bond acceptors (Lipinski definition) is 6. The summed E-state index contributed by atoms with van der Waals surface area (Å²) < 4.78 is 12.4. The number of rotatable bonds is 5. The van der Waals surface area contributed by atoms with Crippen LogP contribution in [0.2, 0.25) is 0 Å². The summed E-state index contributed by atoms with van der Waals surface area (Å²) in [6, 6.07) is 7.78. The Morgan fingerprint density at radius 2 is 1.90 bits per heavy atom. The van der Waals surface area contributed by atoms with Crippen molar-refractivity contribution in [3.05, 3.63) is 41.4 Å². The highest BCUT2D eigenvalue weighted by atomic mass is 16.5. The van der Waals surface area contributed by atoms with Gasteiger partial charge in [0.05, 0.1) is 6.07 Å². The number of nitriles is 2. The summed E-state index contributed by atoms with van der Waals surface area (Å²) in [6.07, 6.45) is 7.41. The van der Waals surface area contributed by atoms with Gasteiger partial charge in [-0.05, 0) is 31.9 Å². The lowest BCUT2D eigenvalue weighted by atomic mass is 9.81. The van der Waals surface area contributed by atoms with E-state index in [1.54, 1.807) is 43.1 Å². The number of carbonyl (C=O) groups excluding carboxylic acids is 2. The molecule has 0 aliphatic heterocycles. The molecule has 0 atom stereocenters. The summed E-state index contributed by atoms with van der Waals surface area (Å²) in [4.78, 5) is 26.6. The van der Waals surface area contributed by atoms with Crippen molar-refractivity contribution in [1.82, 2.24) is 9.47 Å². The Hall–Kier alpha value is -3.52. The van der Waals surface area contributed by atoms with Crippen LogP contribution < -0.4 is 0 Å². The summed E-state index contributed by atoms with van der Waals surface area (Å²) in [5, 5.41) is 19.1. The molecule has 0 radical (unpaired) electrons. The fourth-order valence-electron chi connectivity index (χ4n) is 3.73. The van der Waals surface area contributed by atoms with Crippen LogP contribution in [-0.4, -0.2) is 40.5 Å². The van der Waals surface area contributed by atoms with Gasteiger partial charge >= 0.3 is 5.97 Å². The highest BCUT2D eigenvalue weighted by Crippen LogP contribution is 2.32. The fraction of sp³-hybridized carbons (Fsp3) is 0.429. The number of hydrogen-bond donors (Lipinski definition) is 0. The Labute approximate surface area is 168 Å². The van der Waals surface area contributed by atoms with Crippen molar-refractivity contribution < 1.29 is 18.7 Å². The van der Waals surface area contributed by atoms with E-state index < -0.39 is 24.0 Å². The predicted molar refractivity (Wildman–Crippen MR) is 102 cm³/mol. The van der Waals surface area contributed by atoms with Crippen LogP contribution in [0.4, 0.5) is 0 Å². The molecule has 8 nitrogen and oxygen atoms in total. The lowest BCUT2D eigenvalue weighted by Gasteiger charge is -2.38. The quantitative estimate of drug-likeness (QED) is 0.720. The summed E-state index contributed by atoms with van der Waals surface area (Å²) in [5.41, 5.74) is -0.809. The minimum Gasteiger partial charge on any atom is -0.452 e. The number of nitrogens with zero attached hydrogens (tertiary/aromatic N) is 4. The van der Waals surface area contributed by atoms with E-state index in [4.69, 9.17) is 9.15 Å². The molecule has 1 aliphatic carbocycles. The molecule has 3 rings (SSSR count). The van der Waals surface area contributed by atoms with Crippen LogP contribution in [0.15, 0.2) is 28.9 Å². The smallest absolute Gasteiger partial charge is 0.343 e. The Bertz CT molecular complexity index is 985. The molecule has 0 saturated heterocycles. The molecule has 29 heavy (non-hydrogen) atoms. The van der Waals surface area contributed by atoms with Crippen LogP contribution in [0.3, 0.4) is 0 Å². The van der Waals surface area contributed by atoms with Crippen molar-refractivity contribution in [1.29, 1.82) is 10.5 Å². The number of likely N-dealkylation sites (N-methyl/N-ethyl adjacent to an activating group) is 1. The third kappa shape index (κ3) is 3.74. The zero-order valence-electron chi connectivity index (χ0n) is 16.5. The van der Waals surface area contributed by atoms with E-state index >= 15 is 0 Å². The summed E-state index contributed by atoms with van der Waals surface area (Å²) >= 11 is 0. The van der Waals surface area contributed by atoms with Gasteiger partial charge in [-0.25, -0.2) is 4.79 Å². The number of carbonyl (C=O) groups is 2. The molecule has 2 aromatic heterocycles. The van der Waals surface area contributed by atoms with Gasteiger partial charge in [0, 0.05) is 19.4 Å². The monoisotopic (exact) mass is 394 g/mol. The zero-order valence-corrected chi connectivity index (χ0v) is 16.5. The van der Waals surface area contributed by atoms with E-state index in [0.717, 1.165) is 19.3 Å². The van der Waals surface area contributed by atoms with Crippen molar-refractivity contribution in [3.8, 4) is 18.0 Å². The molecule has 1 saturated carbocycles. The van der Waals surface area contributed by atoms with Gasteiger partial charge in [0.2, 0.25) is 5.88 Å². The number of aromatic nitrogens is 1. The van der Waals surface area contributed by atoms with Crippen LogP contribution in [-0.2, 0) is 9.53 Å². The van der Waals surface area contributed by atoms with E-state index in [-0.39, 0.29) is 22.8 Å². The normalized spacial score (nSPS) is 15.2. The Morgan fingerprint density at radius 3 is 2.48 bits per heavy atom. The van der Waals surface area contributed by atoms with Crippen LogP contribution >= 0.6 is 0 Å². The Kier molecular flexibility index (Phi) is 5.74. The fourth-order valence-corrected chi connectivity index (χ4v) is 3.73. The maximum absolute atomic E-state index is 12.6. The van der Waals surface area contributed by atoms with Gasteiger partial charge in [-0.15, -0.1) is 0 Å². The first-order valence-corrected chi connectivity index (χ1v) is 9.45. The highest BCUT2D eigenvalue weighted by molar-refractivity contribution is 5.95. The van der Waals surface area contributed by atoms with Crippen LogP contribution in [0, 0.1) is 29.6 Å². The molecule has 2 heterocycles. The molecule has 0 N–H and O–H groups in total. The van der Waals surface area contributed by atoms with Crippen LogP contribution in [0.5, 0.6) is 0 Å². The number of esters is 1. The largest absolute Gasteiger partial charge is 0.452 e. The zero-order chi connectivity index (χ0) is 21.0. The molecule has 0 unspecified atom stereocenters. The summed E-state index contributed by atoms with van der Waals surface area (Å²) in [7, 11) is 1.57. The van der Waals surface area contributed by atoms with Gasteiger partial charge in [-0.2, -0.15) is 10.5 Å². The van der Waals surface area contributed by atoms with Crippen LogP contribution in [0.25, 0.3) is 5.88 Å². The first-order valence-electron chi connectivity index (χ1n) is 9.45. The first-order chi connectivity index (χ1) is 13.9. The molecular weight excluding hydrogens is 372 g/mol. The molecule has 1 fully saturated rings. The molecule has 1 aliphatic rings. The van der Waals surface area contributed by atoms with Gasteiger partial charge in [-0.3, -0.25) is 9.36 Å². The van der Waals surface area contributed by atoms with Gasteiger partial charge in [0.15, 0.2) is 6.61 Å².